The Bertz CT molecular complexity index is 733. The molecule has 2 rings (SSSR count). The maximum Gasteiger partial charge on any atom is 0.290 e. The second-order valence-electron chi connectivity index (χ2n) is 5.11. The number of furan rings is 1. The number of nitrogens with one attached hydrogen (secondary N) is 1. The third kappa shape index (κ3) is 3.19. The molecule has 1 unspecified atom stereocenters. The van der Waals surface area contributed by atoms with Crippen molar-refractivity contribution in [3.05, 3.63) is 34.3 Å². The summed E-state index contributed by atoms with van der Waals surface area (Å²) in [5, 5.41) is 6.95. The van der Waals surface area contributed by atoms with Crippen LogP contribution in [0, 0.1) is 6.92 Å². The van der Waals surface area contributed by atoms with Crippen LogP contribution in [0.1, 0.15) is 32.1 Å². The molecule has 2 aromatic rings. The number of aromatic nitrogens is 2. The van der Waals surface area contributed by atoms with Gasteiger partial charge in [0.25, 0.3) is 5.56 Å². The van der Waals surface area contributed by atoms with E-state index in [9.17, 15) is 9.59 Å². The van der Waals surface area contributed by atoms with Gasteiger partial charge in [0.2, 0.25) is 5.91 Å². The maximum absolute atomic E-state index is 12.1. The van der Waals surface area contributed by atoms with E-state index in [1.165, 1.54) is 6.07 Å². The van der Waals surface area contributed by atoms with Crippen molar-refractivity contribution in [1.82, 2.24) is 15.1 Å². The van der Waals surface area contributed by atoms with Crippen molar-refractivity contribution in [1.29, 1.82) is 0 Å². The molecule has 22 heavy (non-hydrogen) atoms. The van der Waals surface area contributed by atoms with E-state index in [0.29, 0.717) is 18.0 Å². The van der Waals surface area contributed by atoms with Crippen LogP contribution in [0.2, 0.25) is 0 Å². The molecule has 3 N–H and O–H groups in total. The maximum atomic E-state index is 12.1. The van der Waals surface area contributed by atoms with Crippen LogP contribution in [0.25, 0.3) is 11.5 Å². The van der Waals surface area contributed by atoms with Crippen LogP contribution < -0.4 is 16.6 Å². The Balaban J connectivity index is 2.41. The first-order valence-corrected chi connectivity index (χ1v) is 7.18. The Morgan fingerprint density at radius 2 is 2.23 bits per heavy atom. The number of carbonyl (C=O) groups excluding carboxylic acids is 1. The minimum absolute atomic E-state index is 0.0224. The van der Waals surface area contributed by atoms with Crippen molar-refractivity contribution in [2.24, 2.45) is 0 Å². The Kier molecular flexibility index (Phi) is 4.65. The first-order chi connectivity index (χ1) is 10.4. The van der Waals surface area contributed by atoms with E-state index < -0.39 is 11.6 Å². The van der Waals surface area contributed by atoms with Gasteiger partial charge >= 0.3 is 0 Å². The van der Waals surface area contributed by atoms with Crippen molar-refractivity contribution < 1.29 is 9.21 Å². The van der Waals surface area contributed by atoms with E-state index in [2.05, 4.69) is 10.4 Å². The predicted octanol–water partition coefficient (Wildman–Crippen LogP) is 1.48. The molecule has 7 heteroatoms. The molecule has 0 aromatic carbocycles. The largest absolute Gasteiger partial charge is 0.460 e. The molecule has 1 atom stereocenters. The molecule has 0 bridgehead atoms. The lowest BCUT2D eigenvalue weighted by Gasteiger charge is -2.15. The van der Waals surface area contributed by atoms with E-state index in [1.807, 2.05) is 13.8 Å². The minimum Gasteiger partial charge on any atom is -0.460 e. The molecule has 0 fully saturated rings. The normalized spacial score (nSPS) is 12.1. The average molecular weight is 304 g/mol. The van der Waals surface area contributed by atoms with Crippen molar-refractivity contribution in [3.63, 3.8) is 0 Å². The highest BCUT2D eigenvalue weighted by Gasteiger charge is 2.20. The zero-order valence-electron chi connectivity index (χ0n) is 12.9. The summed E-state index contributed by atoms with van der Waals surface area (Å²) in [5.41, 5.74) is 5.70. The molecule has 0 saturated heterocycles. The zero-order valence-corrected chi connectivity index (χ0v) is 12.9. The molecule has 7 nitrogen and oxygen atoms in total. The molecule has 1 amide bonds. The molecule has 0 aliphatic carbocycles. The smallest absolute Gasteiger partial charge is 0.290 e. The molecule has 0 aliphatic heterocycles. The molecule has 0 saturated carbocycles. The Labute approximate surface area is 128 Å². The Morgan fingerprint density at radius 1 is 1.50 bits per heavy atom. The van der Waals surface area contributed by atoms with Gasteiger partial charge in [-0.25, -0.2) is 4.68 Å². The summed E-state index contributed by atoms with van der Waals surface area (Å²) in [6, 6.07) is 4.24. The highest BCUT2D eigenvalue weighted by atomic mass is 16.3. The molecule has 0 spiro atoms. The molecular formula is C15H20N4O3. The number of rotatable bonds is 5. The van der Waals surface area contributed by atoms with Crippen LogP contribution in [-0.4, -0.2) is 22.2 Å². The number of nitrogens with zero attached hydrogens (tertiary/aromatic N) is 2. The van der Waals surface area contributed by atoms with Crippen molar-refractivity contribution in [2.75, 3.05) is 12.3 Å². The number of hydrogen-bond acceptors (Lipinski definition) is 5. The number of nitrogens with two attached hydrogens (primary N) is 1. The van der Waals surface area contributed by atoms with E-state index in [1.54, 1.807) is 19.1 Å². The number of nitrogen functional groups attached to an aromatic ring is 1. The fourth-order valence-electron chi connectivity index (χ4n) is 1.99. The number of anilines is 1. The van der Waals surface area contributed by atoms with E-state index in [0.717, 1.165) is 16.9 Å². The highest BCUT2D eigenvalue weighted by molar-refractivity contribution is 5.79. The topological polar surface area (TPSA) is 103 Å². The van der Waals surface area contributed by atoms with Gasteiger partial charge in [-0.1, -0.05) is 6.92 Å². The monoisotopic (exact) mass is 304 g/mol. The first kappa shape index (κ1) is 15.8. The van der Waals surface area contributed by atoms with Gasteiger partial charge in [0, 0.05) is 6.54 Å². The molecule has 2 heterocycles. The van der Waals surface area contributed by atoms with Crippen LogP contribution >= 0.6 is 0 Å². The quantitative estimate of drug-likeness (QED) is 0.871. The molecule has 0 aliphatic rings. The Hall–Kier alpha value is -2.57. The van der Waals surface area contributed by atoms with Crippen LogP contribution in [0.4, 0.5) is 5.69 Å². The van der Waals surface area contributed by atoms with Gasteiger partial charge in [-0.05, 0) is 38.5 Å². The van der Waals surface area contributed by atoms with Gasteiger partial charge in [0.1, 0.15) is 23.2 Å². The van der Waals surface area contributed by atoms with E-state index in [-0.39, 0.29) is 11.6 Å². The summed E-state index contributed by atoms with van der Waals surface area (Å²) >= 11 is 0. The summed E-state index contributed by atoms with van der Waals surface area (Å²) in [6.07, 6.45) is 0.814. The van der Waals surface area contributed by atoms with Crippen LogP contribution in [0.15, 0.2) is 27.4 Å². The van der Waals surface area contributed by atoms with Crippen molar-refractivity contribution in [2.45, 2.75) is 33.2 Å². The van der Waals surface area contributed by atoms with E-state index >= 15 is 0 Å². The third-order valence-corrected chi connectivity index (χ3v) is 3.25. The standard InChI is InChI=1S/C15H20N4O3/c1-4-7-17-14(20)10(3)19-15(21)11(16)8-12(18-19)13-6-5-9(2)22-13/h5-6,8,10H,4,7,16H2,1-3H3,(H,17,20). The van der Waals surface area contributed by atoms with Gasteiger partial charge < -0.3 is 15.5 Å². The number of carbonyl (C=O) groups is 1. The SMILES string of the molecule is CCCNC(=O)C(C)n1nc(-c2ccc(C)o2)cc(N)c1=O. The van der Waals surface area contributed by atoms with Gasteiger partial charge in [0.15, 0.2) is 5.76 Å². The molecule has 2 aromatic heterocycles. The summed E-state index contributed by atoms with van der Waals surface area (Å²) in [4.78, 5) is 24.2. The lowest BCUT2D eigenvalue weighted by molar-refractivity contribution is -0.124. The predicted molar refractivity (Wildman–Crippen MR) is 83.4 cm³/mol. The first-order valence-electron chi connectivity index (χ1n) is 7.18. The van der Waals surface area contributed by atoms with Crippen LogP contribution in [0.5, 0.6) is 0 Å². The number of amides is 1. The van der Waals surface area contributed by atoms with Gasteiger partial charge in [-0.3, -0.25) is 9.59 Å². The summed E-state index contributed by atoms with van der Waals surface area (Å²) < 4.78 is 6.58. The minimum atomic E-state index is -0.752. The second kappa shape index (κ2) is 6.46. The third-order valence-electron chi connectivity index (χ3n) is 3.25. The lowest BCUT2D eigenvalue weighted by Crippen LogP contribution is -2.38. The highest BCUT2D eigenvalue weighted by Crippen LogP contribution is 2.20. The number of aryl methyl sites for hydroxylation is 1. The average Bonchev–Trinajstić information content (AvgIpc) is 2.93. The molecule has 0 radical (unpaired) electrons. The summed E-state index contributed by atoms with van der Waals surface area (Å²) in [5.74, 6) is 0.949. The molecular weight excluding hydrogens is 284 g/mol. The van der Waals surface area contributed by atoms with Gasteiger partial charge in [0.05, 0.1) is 0 Å². The summed E-state index contributed by atoms with van der Waals surface area (Å²) in [6.45, 7) is 5.91. The Morgan fingerprint density at radius 3 is 2.82 bits per heavy atom. The van der Waals surface area contributed by atoms with Crippen LogP contribution in [0.3, 0.4) is 0 Å². The van der Waals surface area contributed by atoms with Crippen molar-refractivity contribution in [3.8, 4) is 11.5 Å². The fraction of sp³-hybridized carbons (Fsp3) is 0.400. The summed E-state index contributed by atoms with van der Waals surface area (Å²) in [7, 11) is 0. The van der Waals surface area contributed by atoms with Crippen molar-refractivity contribution >= 4 is 11.6 Å². The number of hydrogen-bond donors (Lipinski definition) is 2. The second-order valence-corrected chi connectivity index (χ2v) is 5.11. The van der Waals surface area contributed by atoms with Gasteiger partial charge in [-0.2, -0.15) is 5.10 Å². The van der Waals surface area contributed by atoms with E-state index in [4.69, 9.17) is 10.2 Å². The van der Waals surface area contributed by atoms with Gasteiger partial charge in [-0.15, -0.1) is 0 Å². The molecule has 118 valence electrons. The lowest BCUT2D eigenvalue weighted by atomic mass is 10.2. The zero-order chi connectivity index (χ0) is 16.3. The van der Waals surface area contributed by atoms with Crippen LogP contribution in [-0.2, 0) is 4.79 Å². The fourth-order valence-corrected chi connectivity index (χ4v) is 1.99.